The first-order valence-corrected chi connectivity index (χ1v) is 4.86. The number of nitrogens with zero attached hydrogens (tertiary/aromatic N) is 2. The number of para-hydroxylation sites is 1. The van der Waals surface area contributed by atoms with E-state index in [2.05, 4.69) is 4.74 Å². The Kier molecular flexibility index (Phi) is 4.28. The minimum absolute atomic E-state index is 0.433. The third kappa shape index (κ3) is 2.95. The summed E-state index contributed by atoms with van der Waals surface area (Å²) in [5, 5.41) is 10.1. The van der Waals surface area contributed by atoms with Crippen molar-refractivity contribution >= 4 is 11.8 Å². The predicted molar refractivity (Wildman–Crippen MR) is 60.5 cm³/mol. The molecule has 0 aromatic heterocycles. The Morgan fingerprint density at radius 1 is 1.38 bits per heavy atom. The highest BCUT2D eigenvalue weighted by Gasteiger charge is 2.16. The zero-order valence-electron chi connectivity index (χ0n) is 9.67. The molecule has 1 aromatic carbocycles. The number of carbonyl (C=O) groups excluding carboxylic acids is 1. The van der Waals surface area contributed by atoms with Gasteiger partial charge in [0.2, 0.25) is 0 Å². The molecule has 0 saturated heterocycles. The van der Waals surface area contributed by atoms with Crippen LogP contribution in [0, 0.1) is 0 Å². The molecule has 1 rings (SSSR count). The molecule has 0 heterocycles. The molecule has 1 aromatic rings. The molecule has 5 heteroatoms. The number of benzene rings is 1. The van der Waals surface area contributed by atoms with E-state index >= 15 is 0 Å². The number of hydroxylamine groups is 1. The zero-order valence-corrected chi connectivity index (χ0v) is 9.67. The lowest BCUT2D eigenvalue weighted by atomic mass is 10.1. The molecular formula is C11H16N2O3. The van der Waals surface area contributed by atoms with E-state index in [1.54, 1.807) is 12.1 Å². The number of amides is 1. The van der Waals surface area contributed by atoms with Gasteiger partial charge >= 0.3 is 6.09 Å². The molecule has 16 heavy (non-hydrogen) atoms. The summed E-state index contributed by atoms with van der Waals surface area (Å²) in [7, 11) is 5.05. The number of carbonyl (C=O) groups is 1. The Balaban J connectivity index is 2.98. The van der Waals surface area contributed by atoms with Crippen LogP contribution >= 0.6 is 0 Å². The molecular weight excluding hydrogens is 208 g/mol. The second-order valence-electron chi connectivity index (χ2n) is 3.65. The maximum Gasteiger partial charge on any atom is 0.438 e. The number of ether oxygens (including phenoxy) is 1. The lowest BCUT2D eigenvalue weighted by Gasteiger charge is -2.19. The summed E-state index contributed by atoms with van der Waals surface area (Å²) in [6.07, 6.45) is -0.800. The quantitative estimate of drug-likeness (QED) is 0.627. The fourth-order valence-electron chi connectivity index (χ4n) is 1.38. The van der Waals surface area contributed by atoms with Crippen molar-refractivity contribution < 1.29 is 14.7 Å². The minimum atomic E-state index is -0.800. The van der Waals surface area contributed by atoms with Gasteiger partial charge in [-0.25, -0.2) is 4.79 Å². The first-order chi connectivity index (χ1) is 7.56. The highest BCUT2D eigenvalue weighted by atomic mass is 16.6. The first kappa shape index (κ1) is 12.5. The van der Waals surface area contributed by atoms with Crippen molar-refractivity contribution in [1.29, 1.82) is 0 Å². The molecule has 0 fully saturated rings. The first-order valence-electron chi connectivity index (χ1n) is 4.86. The van der Waals surface area contributed by atoms with E-state index in [9.17, 15) is 10.0 Å². The molecule has 0 atom stereocenters. The molecule has 0 spiro atoms. The second kappa shape index (κ2) is 5.48. The lowest BCUT2D eigenvalue weighted by molar-refractivity contribution is 0.140. The predicted octanol–water partition coefficient (Wildman–Crippen LogP) is 1.71. The van der Waals surface area contributed by atoms with Crippen molar-refractivity contribution in [3.05, 3.63) is 29.8 Å². The van der Waals surface area contributed by atoms with Crippen LogP contribution in [0.4, 0.5) is 10.5 Å². The van der Waals surface area contributed by atoms with Gasteiger partial charge in [-0.1, -0.05) is 18.2 Å². The Bertz CT molecular complexity index is 366. The van der Waals surface area contributed by atoms with Crippen LogP contribution in [0.15, 0.2) is 24.3 Å². The topological polar surface area (TPSA) is 53.0 Å². The highest BCUT2D eigenvalue weighted by molar-refractivity contribution is 5.85. The van der Waals surface area contributed by atoms with Gasteiger partial charge in [0, 0.05) is 6.54 Å². The van der Waals surface area contributed by atoms with E-state index in [0.29, 0.717) is 17.3 Å². The zero-order chi connectivity index (χ0) is 12.1. The standard InChI is InChI=1S/C11H16N2O3/c1-12(2)8-9-6-4-5-7-10(9)13(15)11(14)16-3/h4-7,15H,8H2,1-3H3. The van der Waals surface area contributed by atoms with Crippen LogP contribution < -0.4 is 5.06 Å². The average Bonchev–Trinajstić information content (AvgIpc) is 2.27. The summed E-state index contributed by atoms with van der Waals surface area (Å²) < 4.78 is 4.45. The van der Waals surface area contributed by atoms with Crippen LogP contribution in [0.1, 0.15) is 5.56 Å². The summed E-state index contributed by atoms with van der Waals surface area (Å²) >= 11 is 0. The molecule has 0 bridgehead atoms. The van der Waals surface area contributed by atoms with Gasteiger partial charge in [0.1, 0.15) is 0 Å². The molecule has 0 radical (unpaired) electrons. The molecule has 1 N–H and O–H groups in total. The Labute approximate surface area is 94.8 Å². The fraction of sp³-hybridized carbons (Fsp3) is 0.364. The molecule has 5 nitrogen and oxygen atoms in total. The van der Waals surface area contributed by atoms with Gasteiger partial charge in [-0.05, 0) is 25.7 Å². The maximum atomic E-state index is 11.2. The number of hydrogen-bond donors (Lipinski definition) is 1. The summed E-state index contributed by atoms with van der Waals surface area (Å²) in [6.45, 7) is 0.629. The van der Waals surface area contributed by atoms with Gasteiger partial charge in [0.15, 0.2) is 0 Å². The molecule has 0 aliphatic carbocycles. The molecule has 1 amide bonds. The fourth-order valence-corrected chi connectivity index (χ4v) is 1.38. The molecule has 0 unspecified atom stereocenters. The largest absolute Gasteiger partial charge is 0.451 e. The van der Waals surface area contributed by atoms with Crippen molar-refractivity contribution in [2.24, 2.45) is 0 Å². The van der Waals surface area contributed by atoms with Crippen LogP contribution in [0.5, 0.6) is 0 Å². The summed E-state index contributed by atoms with van der Waals surface area (Å²) in [5.41, 5.74) is 1.28. The second-order valence-corrected chi connectivity index (χ2v) is 3.65. The molecule has 0 aliphatic rings. The number of hydrogen-bond acceptors (Lipinski definition) is 4. The molecule has 88 valence electrons. The number of methoxy groups -OCH3 is 1. The SMILES string of the molecule is COC(=O)N(O)c1ccccc1CN(C)C. The van der Waals surface area contributed by atoms with E-state index < -0.39 is 6.09 Å². The van der Waals surface area contributed by atoms with Crippen molar-refractivity contribution in [3.63, 3.8) is 0 Å². The van der Waals surface area contributed by atoms with Gasteiger partial charge in [-0.3, -0.25) is 5.21 Å². The van der Waals surface area contributed by atoms with Crippen molar-refractivity contribution in [2.45, 2.75) is 6.54 Å². The van der Waals surface area contributed by atoms with E-state index in [4.69, 9.17) is 0 Å². The van der Waals surface area contributed by atoms with Crippen molar-refractivity contribution in [2.75, 3.05) is 26.3 Å². The Morgan fingerprint density at radius 3 is 2.56 bits per heavy atom. The molecule has 0 aliphatic heterocycles. The summed E-state index contributed by atoms with van der Waals surface area (Å²) in [5.74, 6) is 0. The minimum Gasteiger partial charge on any atom is -0.451 e. The lowest BCUT2D eigenvalue weighted by Crippen LogP contribution is -2.28. The Morgan fingerprint density at radius 2 is 2.00 bits per heavy atom. The third-order valence-electron chi connectivity index (χ3n) is 2.05. The molecule has 0 saturated carbocycles. The Hall–Kier alpha value is -1.59. The number of anilines is 1. The van der Waals surface area contributed by atoms with E-state index in [-0.39, 0.29) is 0 Å². The maximum absolute atomic E-state index is 11.2. The van der Waals surface area contributed by atoms with Gasteiger partial charge < -0.3 is 9.64 Å². The third-order valence-corrected chi connectivity index (χ3v) is 2.05. The van der Waals surface area contributed by atoms with Crippen LogP contribution in [-0.2, 0) is 11.3 Å². The van der Waals surface area contributed by atoms with Crippen LogP contribution in [0.25, 0.3) is 0 Å². The van der Waals surface area contributed by atoms with Gasteiger partial charge in [0.25, 0.3) is 0 Å². The summed E-state index contributed by atoms with van der Waals surface area (Å²) in [6, 6.07) is 7.12. The monoisotopic (exact) mass is 224 g/mol. The van der Waals surface area contributed by atoms with E-state index in [0.717, 1.165) is 5.56 Å². The van der Waals surface area contributed by atoms with E-state index in [1.807, 2.05) is 31.1 Å². The average molecular weight is 224 g/mol. The van der Waals surface area contributed by atoms with Gasteiger partial charge in [-0.2, -0.15) is 5.06 Å². The van der Waals surface area contributed by atoms with Gasteiger partial charge in [-0.15, -0.1) is 0 Å². The normalized spacial score (nSPS) is 10.3. The van der Waals surface area contributed by atoms with E-state index in [1.165, 1.54) is 7.11 Å². The van der Waals surface area contributed by atoms with Crippen LogP contribution in [0.3, 0.4) is 0 Å². The number of rotatable bonds is 3. The summed E-state index contributed by atoms with van der Waals surface area (Å²) in [4.78, 5) is 13.1. The van der Waals surface area contributed by atoms with Crippen molar-refractivity contribution in [1.82, 2.24) is 4.90 Å². The van der Waals surface area contributed by atoms with Crippen LogP contribution in [-0.4, -0.2) is 37.4 Å². The van der Waals surface area contributed by atoms with Crippen molar-refractivity contribution in [3.8, 4) is 0 Å². The smallest absolute Gasteiger partial charge is 0.438 e. The highest BCUT2D eigenvalue weighted by Crippen LogP contribution is 2.20. The van der Waals surface area contributed by atoms with Gasteiger partial charge in [0.05, 0.1) is 12.8 Å². The van der Waals surface area contributed by atoms with Crippen LogP contribution in [0.2, 0.25) is 0 Å².